The normalized spacial score (nSPS) is 14.7. The molecule has 2 atom stereocenters. The van der Waals surface area contributed by atoms with Gasteiger partial charge in [0.2, 0.25) is 0 Å². The molecule has 2 rings (SSSR count). The van der Waals surface area contributed by atoms with E-state index >= 15 is 0 Å². The van der Waals surface area contributed by atoms with E-state index in [4.69, 9.17) is 0 Å². The molecule has 2 heterocycles. The Bertz CT molecular complexity index is 413. The lowest BCUT2D eigenvalue weighted by molar-refractivity contribution is 0.144. The Labute approximate surface area is 105 Å². The highest BCUT2D eigenvalue weighted by Gasteiger charge is 2.09. The van der Waals surface area contributed by atoms with Gasteiger partial charge in [0.15, 0.2) is 0 Å². The van der Waals surface area contributed by atoms with E-state index in [1.54, 1.807) is 22.2 Å². The van der Waals surface area contributed by atoms with E-state index in [1.165, 1.54) is 4.88 Å². The number of hydrogen-bond acceptors (Lipinski definition) is 4. The zero-order valence-corrected chi connectivity index (χ0v) is 10.6. The maximum absolute atomic E-state index is 9.85. The van der Waals surface area contributed by atoms with Crippen molar-refractivity contribution in [3.63, 3.8) is 0 Å². The second-order valence-electron chi connectivity index (χ2n) is 4.03. The van der Waals surface area contributed by atoms with Gasteiger partial charge in [-0.1, -0.05) is 6.07 Å². The molecular formula is C12H17N3OS. The number of rotatable bonds is 6. The van der Waals surface area contributed by atoms with Crippen LogP contribution in [-0.2, 0) is 6.54 Å². The van der Waals surface area contributed by atoms with E-state index in [0.29, 0.717) is 13.1 Å². The maximum Gasteiger partial charge on any atom is 0.0860 e. The molecule has 0 aromatic carbocycles. The van der Waals surface area contributed by atoms with Gasteiger partial charge in [-0.3, -0.25) is 4.68 Å². The molecule has 17 heavy (non-hydrogen) atoms. The van der Waals surface area contributed by atoms with Crippen molar-refractivity contribution in [3.8, 4) is 0 Å². The van der Waals surface area contributed by atoms with E-state index < -0.39 is 6.10 Å². The van der Waals surface area contributed by atoms with Crippen LogP contribution in [0.4, 0.5) is 0 Å². The zero-order valence-electron chi connectivity index (χ0n) is 9.78. The van der Waals surface area contributed by atoms with Gasteiger partial charge in [0, 0.05) is 29.9 Å². The molecule has 0 radical (unpaired) electrons. The van der Waals surface area contributed by atoms with E-state index in [-0.39, 0.29) is 6.04 Å². The van der Waals surface area contributed by atoms with Crippen LogP contribution in [0.3, 0.4) is 0 Å². The fourth-order valence-electron chi connectivity index (χ4n) is 1.64. The van der Waals surface area contributed by atoms with E-state index in [9.17, 15) is 5.11 Å². The predicted octanol–water partition coefficient (Wildman–Crippen LogP) is 1.66. The monoisotopic (exact) mass is 251 g/mol. The Balaban J connectivity index is 1.74. The lowest BCUT2D eigenvalue weighted by Gasteiger charge is -2.16. The Morgan fingerprint density at radius 2 is 2.41 bits per heavy atom. The second-order valence-corrected chi connectivity index (χ2v) is 5.01. The number of nitrogens with one attached hydrogen (secondary N) is 1. The SMILES string of the molecule is CC(NCC(O)Cn1cccn1)c1cccs1. The summed E-state index contributed by atoms with van der Waals surface area (Å²) in [5.41, 5.74) is 0. The highest BCUT2D eigenvalue weighted by atomic mass is 32.1. The molecule has 0 saturated carbocycles. The van der Waals surface area contributed by atoms with Crippen LogP contribution in [-0.4, -0.2) is 27.5 Å². The summed E-state index contributed by atoms with van der Waals surface area (Å²) in [5, 5.41) is 19.3. The van der Waals surface area contributed by atoms with Crippen molar-refractivity contribution in [1.29, 1.82) is 0 Å². The van der Waals surface area contributed by atoms with E-state index in [0.717, 1.165) is 0 Å². The fourth-order valence-corrected chi connectivity index (χ4v) is 2.40. The van der Waals surface area contributed by atoms with Crippen molar-refractivity contribution < 1.29 is 5.11 Å². The van der Waals surface area contributed by atoms with E-state index in [2.05, 4.69) is 28.8 Å². The number of hydrogen-bond donors (Lipinski definition) is 2. The third-order valence-corrected chi connectivity index (χ3v) is 3.64. The molecule has 0 spiro atoms. The standard InChI is InChI=1S/C12H17N3OS/c1-10(12-4-2-7-17-12)13-8-11(16)9-15-6-3-5-14-15/h2-7,10-11,13,16H,8-9H2,1H3. The number of aromatic nitrogens is 2. The summed E-state index contributed by atoms with van der Waals surface area (Å²) in [4.78, 5) is 1.29. The Hall–Kier alpha value is -1.17. The highest BCUT2D eigenvalue weighted by molar-refractivity contribution is 7.10. The van der Waals surface area contributed by atoms with Gasteiger partial charge < -0.3 is 10.4 Å². The second kappa shape index (κ2) is 5.95. The number of aliphatic hydroxyl groups is 1. The van der Waals surface area contributed by atoms with Gasteiger partial charge in [0.05, 0.1) is 12.6 Å². The molecule has 4 nitrogen and oxygen atoms in total. The minimum atomic E-state index is -0.419. The maximum atomic E-state index is 9.85. The molecular weight excluding hydrogens is 234 g/mol. The lowest BCUT2D eigenvalue weighted by atomic mass is 10.2. The summed E-state index contributed by atoms with van der Waals surface area (Å²) in [5.74, 6) is 0. The van der Waals surface area contributed by atoms with Crippen LogP contribution >= 0.6 is 11.3 Å². The number of aliphatic hydroxyl groups excluding tert-OH is 1. The van der Waals surface area contributed by atoms with Crippen LogP contribution in [0.2, 0.25) is 0 Å². The van der Waals surface area contributed by atoms with Crippen molar-refractivity contribution in [2.45, 2.75) is 25.6 Å². The van der Waals surface area contributed by atoms with Gasteiger partial charge in [0.1, 0.15) is 0 Å². The summed E-state index contributed by atoms with van der Waals surface area (Å²) in [6.45, 7) is 3.20. The largest absolute Gasteiger partial charge is 0.390 e. The summed E-state index contributed by atoms with van der Waals surface area (Å²) in [7, 11) is 0. The van der Waals surface area contributed by atoms with Crippen LogP contribution < -0.4 is 5.32 Å². The molecule has 2 unspecified atom stereocenters. The Morgan fingerprint density at radius 3 is 3.06 bits per heavy atom. The van der Waals surface area contributed by atoms with Gasteiger partial charge in [0.25, 0.3) is 0 Å². The highest BCUT2D eigenvalue weighted by Crippen LogP contribution is 2.17. The summed E-state index contributed by atoms with van der Waals surface area (Å²) >= 11 is 1.73. The Kier molecular flexibility index (Phi) is 4.30. The van der Waals surface area contributed by atoms with Crippen LogP contribution in [0.25, 0.3) is 0 Å². The van der Waals surface area contributed by atoms with Gasteiger partial charge in [-0.15, -0.1) is 11.3 Å². The van der Waals surface area contributed by atoms with Crippen molar-refractivity contribution in [3.05, 3.63) is 40.8 Å². The average Bonchev–Trinajstić information content (AvgIpc) is 2.97. The van der Waals surface area contributed by atoms with Gasteiger partial charge in [-0.05, 0) is 24.4 Å². The first-order valence-corrected chi connectivity index (χ1v) is 6.56. The minimum Gasteiger partial charge on any atom is -0.390 e. The van der Waals surface area contributed by atoms with Crippen molar-refractivity contribution in [2.75, 3.05) is 6.54 Å². The third-order valence-electron chi connectivity index (χ3n) is 2.59. The van der Waals surface area contributed by atoms with Crippen LogP contribution in [0.5, 0.6) is 0 Å². The summed E-state index contributed by atoms with van der Waals surface area (Å²) < 4.78 is 1.74. The van der Waals surface area contributed by atoms with Gasteiger partial charge in [-0.2, -0.15) is 5.10 Å². The fraction of sp³-hybridized carbons (Fsp3) is 0.417. The topological polar surface area (TPSA) is 50.1 Å². The van der Waals surface area contributed by atoms with Gasteiger partial charge in [-0.25, -0.2) is 0 Å². The van der Waals surface area contributed by atoms with Crippen LogP contribution in [0.15, 0.2) is 36.0 Å². The van der Waals surface area contributed by atoms with Crippen molar-refractivity contribution in [2.24, 2.45) is 0 Å². The minimum absolute atomic E-state index is 0.280. The molecule has 92 valence electrons. The Morgan fingerprint density at radius 1 is 1.53 bits per heavy atom. The molecule has 0 saturated heterocycles. The molecule has 5 heteroatoms. The first kappa shape index (κ1) is 12.3. The average molecular weight is 251 g/mol. The predicted molar refractivity (Wildman–Crippen MR) is 69.0 cm³/mol. The third kappa shape index (κ3) is 3.66. The van der Waals surface area contributed by atoms with Crippen LogP contribution in [0, 0.1) is 0 Å². The molecule has 0 amide bonds. The number of thiophene rings is 1. The first-order valence-electron chi connectivity index (χ1n) is 5.68. The number of nitrogens with zero attached hydrogens (tertiary/aromatic N) is 2. The summed E-state index contributed by atoms with van der Waals surface area (Å²) in [6.07, 6.45) is 3.15. The smallest absolute Gasteiger partial charge is 0.0860 e. The molecule has 0 aliphatic rings. The molecule has 2 N–H and O–H groups in total. The summed E-state index contributed by atoms with van der Waals surface area (Å²) in [6, 6.07) is 6.27. The van der Waals surface area contributed by atoms with Crippen molar-refractivity contribution in [1.82, 2.24) is 15.1 Å². The quantitative estimate of drug-likeness (QED) is 0.821. The van der Waals surface area contributed by atoms with Crippen molar-refractivity contribution >= 4 is 11.3 Å². The molecule has 0 fully saturated rings. The molecule has 2 aromatic heterocycles. The molecule has 0 aliphatic heterocycles. The molecule has 2 aromatic rings. The molecule has 0 bridgehead atoms. The molecule has 0 aliphatic carbocycles. The first-order chi connectivity index (χ1) is 8.25. The zero-order chi connectivity index (χ0) is 12.1. The van der Waals surface area contributed by atoms with E-state index in [1.807, 2.05) is 18.3 Å². The lowest BCUT2D eigenvalue weighted by Crippen LogP contribution is -2.31. The van der Waals surface area contributed by atoms with Crippen LogP contribution in [0.1, 0.15) is 17.8 Å². The van der Waals surface area contributed by atoms with Gasteiger partial charge >= 0.3 is 0 Å².